The number of anilines is 2. The smallest absolute Gasteiger partial charge is 0.313 e. The molecule has 5 rings (SSSR count). The molecule has 190 valence electrons. The maximum absolute atomic E-state index is 13.4. The summed E-state index contributed by atoms with van der Waals surface area (Å²) in [5.41, 5.74) is 9.23. The number of amides is 2. The van der Waals surface area contributed by atoms with E-state index in [9.17, 15) is 9.59 Å². The number of aromatic nitrogens is 2. The van der Waals surface area contributed by atoms with Gasteiger partial charge in [0, 0.05) is 19.0 Å². The molecule has 3 N–H and O–H groups in total. The summed E-state index contributed by atoms with van der Waals surface area (Å²) >= 11 is 1.77. The van der Waals surface area contributed by atoms with Crippen molar-refractivity contribution in [2.45, 2.75) is 51.5 Å². The first-order chi connectivity index (χ1) is 17.3. The molecule has 2 aliphatic heterocycles. The van der Waals surface area contributed by atoms with E-state index in [0.717, 1.165) is 49.0 Å². The summed E-state index contributed by atoms with van der Waals surface area (Å²) in [6, 6.07) is 7.96. The van der Waals surface area contributed by atoms with Crippen molar-refractivity contribution in [3.63, 3.8) is 0 Å². The van der Waals surface area contributed by atoms with E-state index in [4.69, 9.17) is 10.7 Å². The monoisotopic (exact) mass is 506 g/mol. The van der Waals surface area contributed by atoms with Gasteiger partial charge >= 0.3 is 11.8 Å². The zero-order chi connectivity index (χ0) is 25.4. The molecule has 4 heterocycles. The largest absolute Gasteiger partial charge is 0.383 e. The van der Waals surface area contributed by atoms with E-state index < -0.39 is 11.8 Å². The number of likely N-dealkylation sites (N-methyl/N-ethyl adjacent to an activating group) is 1. The molecule has 8 nitrogen and oxygen atoms in total. The fraction of sp³-hybridized carbons (Fsp3) is 0.481. The Bertz CT molecular complexity index is 1290. The minimum atomic E-state index is -0.648. The Morgan fingerprint density at radius 2 is 2.03 bits per heavy atom. The van der Waals surface area contributed by atoms with Gasteiger partial charge in [-0.2, -0.15) is 0 Å². The molecule has 3 aromatic rings. The lowest BCUT2D eigenvalue weighted by Gasteiger charge is -2.38. The highest BCUT2D eigenvalue weighted by Gasteiger charge is 2.34. The molecule has 1 unspecified atom stereocenters. The SMILES string of the molecule is CCc1cc(NC(=O)C(=O)N2C[C@@H](C)CC[C@@H]2c2ccc3sc(C4CCN(C)C4)nc3c2)cnc1N. The van der Waals surface area contributed by atoms with Crippen molar-refractivity contribution in [3.8, 4) is 0 Å². The molecule has 0 radical (unpaired) electrons. The first-order valence-corrected chi connectivity index (χ1v) is 13.6. The van der Waals surface area contributed by atoms with Gasteiger partial charge in [0.05, 0.1) is 33.2 Å². The summed E-state index contributed by atoms with van der Waals surface area (Å²) in [7, 11) is 2.16. The average Bonchev–Trinajstić information content (AvgIpc) is 3.50. The maximum Gasteiger partial charge on any atom is 0.313 e. The summed E-state index contributed by atoms with van der Waals surface area (Å²) in [4.78, 5) is 39.6. The van der Waals surface area contributed by atoms with Gasteiger partial charge < -0.3 is 20.9 Å². The minimum Gasteiger partial charge on any atom is -0.383 e. The molecule has 0 spiro atoms. The van der Waals surface area contributed by atoms with Crippen LogP contribution in [0.3, 0.4) is 0 Å². The van der Waals surface area contributed by atoms with Gasteiger partial charge in [-0.05, 0) is 74.5 Å². The van der Waals surface area contributed by atoms with Crippen LogP contribution in [0.25, 0.3) is 10.2 Å². The lowest BCUT2D eigenvalue weighted by Crippen LogP contribution is -2.46. The summed E-state index contributed by atoms with van der Waals surface area (Å²) in [6.45, 7) is 6.80. The van der Waals surface area contributed by atoms with Gasteiger partial charge in [-0.15, -0.1) is 11.3 Å². The Morgan fingerprint density at radius 1 is 1.19 bits per heavy atom. The molecular formula is C27H34N6O2S. The molecule has 0 saturated carbocycles. The van der Waals surface area contributed by atoms with Crippen LogP contribution in [0.1, 0.15) is 61.2 Å². The number of nitrogens with two attached hydrogens (primary N) is 1. The Hall–Kier alpha value is -3.04. The lowest BCUT2D eigenvalue weighted by atomic mass is 9.89. The van der Waals surface area contributed by atoms with Gasteiger partial charge in [0.1, 0.15) is 5.82 Å². The fourth-order valence-corrected chi connectivity index (χ4v) is 6.47. The molecule has 2 amide bonds. The molecule has 2 saturated heterocycles. The van der Waals surface area contributed by atoms with Crippen LogP contribution in [-0.2, 0) is 16.0 Å². The average molecular weight is 507 g/mol. The van der Waals surface area contributed by atoms with E-state index in [2.05, 4.69) is 47.4 Å². The number of benzene rings is 1. The molecule has 3 atom stereocenters. The van der Waals surface area contributed by atoms with Crippen molar-refractivity contribution in [1.29, 1.82) is 0 Å². The molecule has 1 aromatic carbocycles. The first-order valence-electron chi connectivity index (χ1n) is 12.8. The van der Waals surface area contributed by atoms with Gasteiger partial charge in [0.25, 0.3) is 0 Å². The molecule has 36 heavy (non-hydrogen) atoms. The highest BCUT2D eigenvalue weighted by molar-refractivity contribution is 7.18. The Balaban J connectivity index is 1.37. The predicted octanol–water partition coefficient (Wildman–Crippen LogP) is 4.19. The number of fused-ring (bicyclic) bond motifs is 1. The summed E-state index contributed by atoms with van der Waals surface area (Å²) in [5.74, 6) is 0.0907. The predicted molar refractivity (Wildman–Crippen MR) is 144 cm³/mol. The van der Waals surface area contributed by atoms with Gasteiger partial charge in [-0.3, -0.25) is 9.59 Å². The van der Waals surface area contributed by atoms with Crippen molar-refractivity contribution in [3.05, 3.63) is 46.6 Å². The van der Waals surface area contributed by atoms with Gasteiger partial charge in [-0.1, -0.05) is 19.9 Å². The number of piperidine rings is 1. The number of nitrogen functional groups attached to an aromatic ring is 1. The van der Waals surface area contributed by atoms with E-state index in [1.807, 2.05) is 6.92 Å². The summed E-state index contributed by atoms with van der Waals surface area (Å²) in [5, 5.41) is 3.93. The number of thiazole rings is 1. The number of rotatable bonds is 4. The highest BCUT2D eigenvalue weighted by Crippen LogP contribution is 2.37. The molecule has 2 fully saturated rings. The summed E-state index contributed by atoms with van der Waals surface area (Å²) in [6.07, 6.45) is 5.16. The number of carbonyl (C=O) groups is 2. The molecular weight excluding hydrogens is 472 g/mol. The number of hydrogen-bond donors (Lipinski definition) is 2. The van der Waals surface area contributed by atoms with Crippen LogP contribution in [0.2, 0.25) is 0 Å². The Kier molecular flexibility index (Phi) is 6.94. The minimum absolute atomic E-state index is 0.151. The number of aryl methyl sites for hydroxylation is 1. The van der Waals surface area contributed by atoms with Crippen molar-refractivity contribution in [2.75, 3.05) is 37.7 Å². The Labute approximate surface area is 215 Å². The van der Waals surface area contributed by atoms with Crippen molar-refractivity contribution >= 4 is 44.9 Å². The van der Waals surface area contributed by atoms with E-state index in [1.54, 1.807) is 22.3 Å². The number of carbonyl (C=O) groups excluding carboxylic acids is 2. The van der Waals surface area contributed by atoms with Crippen molar-refractivity contribution in [1.82, 2.24) is 19.8 Å². The van der Waals surface area contributed by atoms with Gasteiger partial charge in [-0.25, -0.2) is 9.97 Å². The zero-order valence-corrected chi connectivity index (χ0v) is 22.0. The second-order valence-electron chi connectivity index (χ2n) is 10.3. The zero-order valence-electron chi connectivity index (χ0n) is 21.2. The third kappa shape index (κ3) is 4.95. The van der Waals surface area contributed by atoms with Crippen LogP contribution in [0.4, 0.5) is 11.5 Å². The van der Waals surface area contributed by atoms with Crippen LogP contribution < -0.4 is 11.1 Å². The second-order valence-corrected chi connectivity index (χ2v) is 11.3. The lowest BCUT2D eigenvalue weighted by molar-refractivity contribution is -0.146. The van der Waals surface area contributed by atoms with Crippen LogP contribution in [-0.4, -0.2) is 58.3 Å². The van der Waals surface area contributed by atoms with Crippen LogP contribution in [0.15, 0.2) is 30.5 Å². The molecule has 0 aliphatic carbocycles. The molecule has 0 bridgehead atoms. The van der Waals surface area contributed by atoms with E-state index in [1.165, 1.54) is 15.9 Å². The number of likely N-dealkylation sites (tertiary alicyclic amines) is 2. The third-order valence-corrected chi connectivity index (χ3v) is 8.67. The van der Waals surface area contributed by atoms with Crippen LogP contribution >= 0.6 is 11.3 Å². The molecule has 2 aromatic heterocycles. The second kappa shape index (κ2) is 10.1. The quantitative estimate of drug-likeness (QED) is 0.514. The number of nitrogens with one attached hydrogen (secondary N) is 1. The first kappa shape index (κ1) is 24.6. The number of nitrogens with zero attached hydrogens (tertiary/aromatic N) is 4. The third-order valence-electron chi connectivity index (χ3n) is 7.47. The van der Waals surface area contributed by atoms with Crippen LogP contribution in [0.5, 0.6) is 0 Å². The van der Waals surface area contributed by atoms with Gasteiger partial charge in [0.2, 0.25) is 0 Å². The maximum atomic E-state index is 13.4. The number of hydrogen-bond acceptors (Lipinski definition) is 7. The Morgan fingerprint density at radius 3 is 2.78 bits per heavy atom. The van der Waals surface area contributed by atoms with E-state index in [-0.39, 0.29) is 6.04 Å². The highest BCUT2D eigenvalue weighted by atomic mass is 32.1. The topological polar surface area (TPSA) is 104 Å². The normalized spacial score (nSPS) is 22.8. The molecule has 9 heteroatoms. The molecule has 2 aliphatic rings. The van der Waals surface area contributed by atoms with E-state index in [0.29, 0.717) is 36.3 Å². The van der Waals surface area contributed by atoms with E-state index >= 15 is 0 Å². The van der Waals surface area contributed by atoms with Crippen molar-refractivity contribution < 1.29 is 9.59 Å². The van der Waals surface area contributed by atoms with Crippen molar-refractivity contribution in [2.24, 2.45) is 5.92 Å². The van der Waals surface area contributed by atoms with Gasteiger partial charge in [0.15, 0.2) is 0 Å². The standard InChI is InChI=1S/C27H34N6O2S/c1-4-17-11-20(13-29-24(17)28)30-25(34)27(35)33-14-16(2)5-7-22(33)18-6-8-23-21(12-18)31-26(36-23)19-9-10-32(3)15-19/h6,8,11-13,16,19,22H,4-5,7,9-10,14-15H2,1-3H3,(H2,28,29)(H,30,34)/t16-,19?,22+/m0/s1. The number of pyridine rings is 1. The summed E-state index contributed by atoms with van der Waals surface area (Å²) < 4.78 is 1.17. The fourth-order valence-electron chi connectivity index (χ4n) is 5.39. The van der Waals surface area contributed by atoms with Crippen LogP contribution in [0, 0.1) is 5.92 Å².